The average molecular weight is 273 g/mol. The number of aromatic amines is 1. The molecule has 0 radical (unpaired) electrons. The van der Waals surface area contributed by atoms with E-state index in [0.29, 0.717) is 11.3 Å². The van der Waals surface area contributed by atoms with Gasteiger partial charge in [-0.2, -0.15) is 0 Å². The van der Waals surface area contributed by atoms with Gasteiger partial charge in [-0.05, 0) is 12.1 Å². The van der Waals surface area contributed by atoms with Gasteiger partial charge >= 0.3 is 0 Å². The molecule has 0 aliphatic carbocycles. The Hall–Kier alpha value is -2.21. The maximum Gasteiger partial charge on any atom is 0.281 e. The van der Waals surface area contributed by atoms with Crippen LogP contribution in [-0.4, -0.2) is 32.6 Å². The zero-order chi connectivity index (χ0) is 13.6. The highest BCUT2D eigenvalue weighted by atomic mass is 32.1. The number of rotatable bonds is 1. The predicted octanol–water partition coefficient (Wildman–Crippen LogP) is 0.856. The topological polar surface area (TPSA) is 58.1 Å². The van der Waals surface area contributed by atoms with Crippen molar-refractivity contribution in [3.05, 3.63) is 51.9 Å². The highest BCUT2D eigenvalue weighted by molar-refractivity contribution is 7.80. The summed E-state index contributed by atoms with van der Waals surface area (Å²) >= 11 is 5.18. The van der Waals surface area contributed by atoms with Crippen LogP contribution < -0.4 is 5.56 Å². The van der Waals surface area contributed by atoms with Crippen LogP contribution in [-0.2, 0) is 11.2 Å². The van der Waals surface area contributed by atoms with Gasteiger partial charge in [-0.15, -0.1) is 0 Å². The van der Waals surface area contributed by atoms with Crippen LogP contribution in [0.5, 0.6) is 0 Å². The molecule has 2 heterocycles. The van der Waals surface area contributed by atoms with Crippen LogP contribution in [0.1, 0.15) is 11.3 Å². The van der Waals surface area contributed by atoms with Gasteiger partial charge in [0.15, 0.2) is 0 Å². The number of aromatic nitrogens is 2. The fourth-order valence-corrected chi connectivity index (χ4v) is 2.45. The third-order valence-electron chi connectivity index (χ3n) is 3.20. The normalized spacial score (nSPS) is 14.7. The zero-order valence-electron chi connectivity index (χ0n) is 10.2. The molecule has 0 saturated heterocycles. The second-order valence-electron chi connectivity index (χ2n) is 4.38. The van der Waals surface area contributed by atoms with E-state index < -0.39 is 0 Å². The lowest BCUT2D eigenvalue weighted by Crippen LogP contribution is -2.40. The molecular weight excluding hydrogens is 262 g/mol. The van der Waals surface area contributed by atoms with Gasteiger partial charge in [0, 0.05) is 7.05 Å². The summed E-state index contributed by atoms with van der Waals surface area (Å²) < 4.78 is 1.42. The van der Waals surface area contributed by atoms with Gasteiger partial charge in [0.05, 0.1) is 23.4 Å². The van der Waals surface area contributed by atoms with Crippen LogP contribution in [0.15, 0.2) is 35.1 Å². The average Bonchev–Trinajstić information content (AvgIpc) is 2.74. The van der Waals surface area contributed by atoms with E-state index in [1.807, 2.05) is 30.3 Å². The number of carbonyl (C=O) groups is 1. The fraction of sp³-hybridized carbons (Fsp3) is 0.154. The quantitative estimate of drug-likeness (QED) is 0.784. The second-order valence-corrected chi connectivity index (χ2v) is 4.76. The van der Waals surface area contributed by atoms with E-state index in [9.17, 15) is 9.59 Å². The van der Waals surface area contributed by atoms with Crippen molar-refractivity contribution in [2.75, 3.05) is 7.05 Å². The molecule has 19 heavy (non-hydrogen) atoms. The Kier molecular flexibility index (Phi) is 2.60. The number of thiocarbonyl (C=S) groups is 1. The van der Waals surface area contributed by atoms with Crippen LogP contribution in [0.25, 0.3) is 5.69 Å². The molecule has 1 aromatic heterocycles. The Morgan fingerprint density at radius 3 is 2.58 bits per heavy atom. The van der Waals surface area contributed by atoms with E-state index in [4.69, 9.17) is 12.2 Å². The van der Waals surface area contributed by atoms with Gasteiger partial charge in [0.1, 0.15) is 4.99 Å². The smallest absolute Gasteiger partial charge is 0.281 e. The molecule has 5 nitrogen and oxygen atoms in total. The molecule has 1 aromatic carbocycles. The van der Waals surface area contributed by atoms with E-state index >= 15 is 0 Å². The number of likely N-dealkylation sites (N-methyl/N-ethyl adjacent to an activating group) is 1. The van der Waals surface area contributed by atoms with E-state index in [0.717, 1.165) is 5.69 Å². The third-order valence-corrected chi connectivity index (χ3v) is 3.68. The summed E-state index contributed by atoms with van der Waals surface area (Å²) in [6, 6.07) is 9.20. The number of hydrogen-bond acceptors (Lipinski definition) is 3. The van der Waals surface area contributed by atoms with Crippen LogP contribution in [0.4, 0.5) is 0 Å². The summed E-state index contributed by atoms with van der Waals surface area (Å²) in [7, 11) is 1.59. The Labute approximate surface area is 114 Å². The summed E-state index contributed by atoms with van der Waals surface area (Å²) in [5, 5.41) is 2.97. The van der Waals surface area contributed by atoms with Crippen molar-refractivity contribution in [3.63, 3.8) is 0 Å². The van der Waals surface area contributed by atoms with Gasteiger partial charge in [0.25, 0.3) is 5.56 Å². The van der Waals surface area contributed by atoms with Gasteiger partial charge < -0.3 is 4.90 Å². The highest BCUT2D eigenvalue weighted by Gasteiger charge is 2.30. The Bertz CT molecular complexity index is 730. The number of hydrogen-bond donors (Lipinski definition) is 1. The highest BCUT2D eigenvalue weighted by Crippen LogP contribution is 2.16. The predicted molar refractivity (Wildman–Crippen MR) is 74.6 cm³/mol. The molecule has 1 amide bonds. The molecule has 0 bridgehead atoms. The Morgan fingerprint density at radius 2 is 1.89 bits per heavy atom. The maximum absolute atomic E-state index is 12.4. The number of amides is 1. The molecule has 3 rings (SSSR count). The van der Waals surface area contributed by atoms with E-state index in [1.54, 1.807) is 7.05 Å². The largest absolute Gasteiger partial charge is 0.305 e. The summed E-state index contributed by atoms with van der Waals surface area (Å²) in [6.07, 6.45) is 0.168. The minimum atomic E-state index is -0.217. The van der Waals surface area contributed by atoms with Crippen LogP contribution in [0.2, 0.25) is 0 Å². The summed E-state index contributed by atoms with van der Waals surface area (Å²) in [5.41, 5.74) is 1.51. The molecular formula is C13H11N3O2S. The number of benzene rings is 1. The molecule has 96 valence electrons. The Morgan fingerprint density at radius 1 is 1.21 bits per heavy atom. The zero-order valence-corrected chi connectivity index (χ0v) is 11.0. The lowest BCUT2D eigenvalue weighted by Gasteiger charge is -2.21. The first-order valence-electron chi connectivity index (χ1n) is 5.80. The first-order valence-corrected chi connectivity index (χ1v) is 6.20. The van der Waals surface area contributed by atoms with Crippen molar-refractivity contribution < 1.29 is 4.79 Å². The molecule has 6 heteroatoms. The number of carbonyl (C=O) groups excluding carboxylic acids is 1. The van der Waals surface area contributed by atoms with E-state index in [2.05, 4.69) is 5.10 Å². The molecule has 0 unspecified atom stereocenters. The molecule has 1 N–H and O–H groups in total. The minimum absolute atomic E-state index is 0.112. The standard InChI is InChI=1S/C13H11N3O2S/c1-15-10(17)7-9-11(13(15)19)12(18)16(14-9)8-5-3-2-4-6-8/h2-6,14H,7H2,1H3. The maximum atomic E-state index is 12.4. The third kappa shape index (κ3) is 1.72. The van der Waals surface area contributed by atoms with Crippen LogP contribution in [0.3, 0.4) is 0 Å². The molecule has 0 atom stereocenters. The Balaban J connectivity index is 2.21. The first kappa shape index (κ1) is 11.9. The van der Waals surface area contributed by atoms with E-state index in [-0.39, 0.29) is 22.9 Å². The van der Waals surface area contributed by atoms with Crippen molar-refractivity contribution >= 4 is 23.1 Å². The van der Waals surface area contributed by atoms with E-state index in [1.165, 1.54) is 9.58 Å². The van der Waals surface area contributed by atoms with Crippen molar-refractivity contribution in [1.82, 2.24) is 14.7 Å². The van der Waals surface area contributed by atoms with Crippen molar-refractivity contribution in [2.45, 2.75) is 6.42 Å². The van der Waals surface area contributed by atoms with Gasteiger partial charge in [-0.25, -0.2) is 4.68 Å². The minimum Gasteiger partial charge on any atom is -0.305 e. The van der Waals surface area contributed by atoms with Crippen molar-refractivity contribution in [3.8, 4) is 5.69 Å². The lowest BCUT2D eigenvalue weighted by atomic mass is 10.1. The summed E-state index contributed by atoms with van der Waals surface area (Å²) in [4.78, 5) is 25.7. The van der Waals surface area contributed by atoms with Crippen molar-refractivity contribution in [1.29, 1.82) is 0 Å². The van der Waals surface area contributed by atoms with Gasteiger partial charge in [0.2, 0.25) is 5.91 Å². The molecule has 0 fully saturated rings. The number of nitrogens with one attached hydrogen (secondary N) is 1. The number of para-hydroxylation sites is 1. The molecule has 0 saturated carbocycles. The monoisotopic (exact) mass is 273 g/mol. The number of nitrogens with zero attached hydrogens (tertiary/aromatic N) is 2. The van der Waals surface area contributed by atoms with Crippen molar-refractivity contribution in [2.24, 2.45) is 0 Å². The molecule has 1 aliphatic heterocycles. The second kappa shape index (κ2) is 4.17. The first-order chi connectivity index (χ1) is 9.09. The van der Waals surface area contributed by atoms with Gasteiger partial charge in [-0.3, -0.25) is 14.7 Å². The lowest BCUT2D eigenvalue weighted by molar-refractivity contribution is -0.125. The summed E-state index contributed by atoms with van der Waals surface area (Å²) in [6.45, 7) is 0. The van der Waals surface area contributed by atoms with Gasteiger partial charge in [-0.1, -0.05) is 30.4 Å². The fourth-order valence-electron chi connectivity index (χ4n) is 2.14. The SMILES string of the molecule is CN1C(=O)Cc2[nH]n(-c3ccccc3)c(=O)c2C1=S. The molecule has 1 aliphatic rings. The number of fused-ring (bicyclic) bond motifs is 1. The molecule has 2 aromatic rings. The van der Waals surface area contributed by atoms with Crippen LogP contribution >= 0.6 is 12.2 Å². The molecule has 0 spiro atoms. The van der Waals surface area contributed by atoms with Crippen LogP contribution in [0, 0.1) is 0 Å². The summed E-state index contributed by atoms with van der Waals surface area (Å²) in [5.74, 6) is -0.112. The number of H-pyrrole nitrogens is 1.